The number of hydrogen-bond acceptors (Lipinski definition) is 8. The van der Waals surface area contributed by atoms with E-state index in [1.807, 2.05) is 0 Å². The summed E-state index contributed by atoms with van der Waals surface area (Å²) in [6, 6.07) is 0. The van der Waals surface area contributed by atoms with Gasteiger partial charge in [0.05, 0.1) is 11.5 Å². The number of thiazole rings is 1. The van der Waals surface area contributed by atoms with Crippen LogP contribution in [-0.2, 0) is 14.3 Å². The zero-order valence-corrected chi connectivity index (χ0v) is 13.6. The Kier molecular flexibility index (Phi) is 6.27. The van der Waals surface area contributed by atoms with Gasteiger partial charge in [0, 0.05) is 6.20 Å². The van der Waals surface area contributed by atoms with Crippen LogP contribution in [-0.4, -0.2) is 45.6 Å². The molecule has 8 nitrogen and oxygen atoms in total. The second kappa shape index (κ2) is 7.52. The summed E-state index contributed by atoms with van der Waals surface area (Å²) in [6.07, 6.45) is -2.63. The maximum absolute atomic E-state index is 11.6. The van der Waals surface area contributed by atoms with Crippen molar-refractivity contribution in [3.8, 4) is 0 Å². The summed E-state index contributed by atoms with van der Waals surface area (Å²) in [5.74, 6) is -0.926. The molecule has 0 aliphatic rings. The lowest BCUT2D eigenvalue weighted by Gasteiger charge is -2.18. The molecule has 0 aromatic carbocycles. The van der Waals surface area contributed by atoms with E-state index in [0.29, 0.717) is 0 Å². The van der Waals surface area contributed by atoms with Crippen molar-refractivity contribution in [2.75, 3.05) is 11.9 Å². The Bertz CT molecular complexity index is 525. The van der Waals surface area contributed by atoms with Gasteiger partial charge in [-0.3, -0.25) is 5.32 Å². The molecule has 1 rings (SSSR count). The molecule has 9 heteroatoms. The predicted octanol–water partition coefficient (Wildman–Crippen LogP) is 1.45. The number of amides is 1. The molecule has 0 saturated carbocycles. The normalized spacial score (nSPS) is 14.1. The average molecular weight is 332 g/mol. The van der Waals surface area contributed by atoms with Gasteiger partial charge < -0.3 is 19.7 Å². The van der Waals surface area contributed by atoms with Gasteiger partial charge >= 0.3 is 12.1 Å². The van der Waals surface area contributed by atoms with Gasteiger partial charge in [-0.15, -0.1) is 0 Å². The largest absolute Gasteiger partial charge is 0.464 e. The lowest BCUT2D eigenvalue weighted by molar-refractivity contribution is -0.159. The average Bonchev–Trinajstić information content (AvgIpc) is 2.83. The van der Waals surface area contributed by atoms with Crippen molar-refractivity contribution in [3.63, 3.8) is 0 Å². The third kappa shape index (κ3) is 5.58. The summed E-state index contributed by atoms with van der Waals surface area (Å²) in [6.45, 7) is 6.85. The SMILES string of the molecule is CCOC(=O)C(O)C(O)c1cnc(NC(=O)OC(C)(C)C)s1. The third-order valence-electron chi connectivity index (χ3n) is 2.25. The van der Waals surface area contributed by atoms with Crippen LogP contribution in [0.5, 0.6) is 0 Å². The second-order valence-electron chi connectivity index (χ2n) is 5.34. The van der Waals surface area contributed by atoms with Crippen LogP contribution < -0.4 is 5.32 Å². The Morgan fingerprint density at radius 3 is 2.59 bits per heavy atom. The number of aliphatic hydroxyl groups is 2. The molecule has 1 aromatic heterocycles. The number of aromatic nitrogens is 1. The highest BCUT2D eigenvalue weighted by atomic mass is 32.1. The van der Waals surface area contributed by atoms with Gasteiger partial charge in [0.2, 0.25) is 0 Å². The number of esters is 1. The van der Waals surface area contributed by atoms with Crippen LogP contribution in [0.25, 0.3) is 0 Å². The van der Waals surface area contributed by atoms with Crippen molar-refractivity contribution in [2.24, 2.45) is 0 Å². The van der Waals surface area contributed by atoms with Crippen molar-refractivity contribution in [2.45, 2.75) is 45.5 Å². The van der Waals surface area contributed by atoms with Crippen LogP contribution in [0.4, 0.5) is 9.93 Å². The lowest BCUT2D eigenvalue weighted by Crippen LogP contribution is -2.29. The quantitative estimate of drug-likeness (QED) is 0.698. The number of nitrogens with one attached hydrogen (secondary N) is 1. The van der Waals surface area contributed by atoms with Gasteiger partial charge in [-0.05, 0) is 27.7 Å². The molecule has 1 amide bonds. The first-order chi connectivity index (χ1) is 10.1. The molecule has 124 valence electrons. The molecule has 0 fully saturated rings. The Labute approximate surface area is 132 Å². The van der Waals surface area contributed by atoms with Gasteiger partial charge in [-0.25, -0.2) is 14.6 Å². The Balaban J connectivity index is 2.67. The van der Waals surface area contributed by atoms with E-state index in [2.05, 4.69) is 15.0 Å². The summed E-state index contributed by atoms with van der Waals surface area (Å²) >= 11 is 0.918. The summed E-state index contributed by atoms with van der Waals surface area (Å²) < 4.78 is 9.68. The maximum atomic E-state index is 11.6. The molecule has 3 N–H and O–H groups in total. The molecule has 0 radical (unpaired) electrons. The standard InChI is InChI=1S/C13H20N2O6S/c1-5-20-10(18)9(17)8(16)7-6-14-11(22-7)15-12(19)21-13(2,3)4/h6,8-9,16-17H,5H2,1-4H3,(H,14,15,19). The maximum Gasteiger partial charge on any atom is 0.413 e. The van der Waals surface area contributed by atoms with Crippen molar-refractivity contribution in [1.29, 1.82) is 0 Å². The number of carbonyl (C=O) groups is 2. The van der Waals surface area contributed by atoms with Gasteiger partial charge in [0.1, 0.15) is 11.7 Å². The van der Waals surface area contributed by atoms with Crippen molar-refractivity contribution in [1.82, 2.24) is 4.98 Å². The minimum atomic E-state index is -1.71. The highest BCUT2D eigenvalue weighted by Crippen LogP contribution is 2.27. The first kappa shape index (κ1) is 18.3. The number of anilines is 1. The molecular weight excluding hydrogens is 312 g/mol. The molecule has 1 heterocycles. The summed E-state index contributed by atoms with van der Waals surface area (Å²) in [7, 11) is 0. The zero-order valence-electron chi connectivity index (χ0n) is 12.8. The molecule has 0 saturated heterocycles. The minimum absolute atomic E-state index is 0.0940. The van der Waals surface area contributed by atoms with Gasteiger partial charge in [0.15, 0.2) is 11.2 Å². The summed E-state index contributed by atoms with van der Waals surface area (Å²) in [5.41, 5.74) is -0.649. The van der Waals surface area contributed by atoms with E-state index in [4.69, 9.17) is 4.74 Å². The Hall–Kier alpha value is -1.71. The molecule has 1 aromatic rings. The number of rotatable bonds is 5. The van der Waals surface area contributed by atoms with Gasteiger partial charge in [-0.2, -0.15) is 0 Å². The monoisotopic (exact) mass is 332 g/mol. The number of aliphatic hydroxyl groups excluding tert-OH is 2. The number of carbonyl (C=O) groups excluding carboxylic acids is 2. The Morgan fingerprint density at radius 2 is 2.05 bits per heavy atom. The van der Waals surface area contributed by atoms with E-state index >= 15 is 0 Å². The van der Waals surface area contributed by atoms with Crippen LogP contribution in [0, 0.1) is 0 Å². The van der Waals surface area contributed by atoms with Crippen LogP contribution in [0.2, 0.25) is 0 Å². The Morgan fingerprint density at radius 1 is 1.41 bits per heavy atom. The van der Waals surface area contributed by atoms with Crippen LogP contribution in [0.3, 0.4) is 0 Å². The fourth-order valence-electron chi connectivity index (χ4n) is 1.38. The van der Waals surface area contributed by atoms with E-state index < -0.39 is 29.9 Å². The molecular formula is C13H20N2O6S. The summed E-state index contributed by atoms with van der Waals surface area (Å²) in [5, 5.41) is 22.1. The van der Waals surface area contributed by atoms with Gasteiger partial charge in [-0.1, -0.05) is 11.3 Å². The smallest absolute Gasteiger partial charge is 0.413 e. The van der Waals surface area contributed by atoms with Crippen LogP contribution >= 0.6 is 11.3 Å². The number of nitrogens with zero attached hydrogens (tertiary/aromatic N) is 1. The number of hydrogen-bond donors (Lipinski definition) is 3. The third-order valence-corrected chi connectivity index (χ3v) is 3.23. The highest BCUT2D eigenvalue weighted by Gasteiger charge is 2.29. The molecule has 0 aliphatic heterocycles. The fraction of sp³-hybridized carbons (Fsp3) is 0.615. The molecule has 0 spiro atoms. The fourth-order valence-corrected chi connectivity index (χ4v) is 2.20. The van der Waals surface area contributed by atoms with E-state index in [0.717, 1.165) is 11.3 Å². The zero-order chi connectivity index (χ0) is 16.9. The molecule has 0 aliphatic carbocycles. The van der Waals surface area contributed by atoms with E-state index in [1.54, 1.807) is 27.7 Å². The highest BCUT2D eigenvalue weighted by molar-refractivity contribution is 7.15. The minimum Gasteiger partial charge on any atom is -0.464 e. The first-order valence-electron chi connectivity index (χ1n) is 6.62. The van der Waals surface area contributed by atoms with E-state index in [1.165, 1.54) is 6.20 Å². The first-order valence-corrected chi connectivity index (χ1v) is 7.44. The predicted molar refractivity (Wildman–Crippen MR) is 79.6 cm³/mol. The van der Waals surface area contributed by atoms with Gasteiger partial charge in [0.25, 0.3) is 0 Å². The molecule has 0 bridgehead atoms. The van der Waals surface area contributed by atoms with E-state index in [9.17, 15) is 19.8 Å². The topological polar surface area (TPSA) is 118 Å². The second-order valence-corrected chi connectivity index (χ2v) is 6.40. The van der Waals surface area contributed by atoms with E-state index in [-0.39, 0.29) is 16.6 Å². The van der Waals surface area contributed by atoms with Crippen LogP contribution in [0.1, 0.15) is 38.7 Å². The summed E-state index contributed by atoms with van der Waals surface area (Å²) in [4.78, 5) is 27.0. The van der Waals surface area contributed by atoms with Crippen molar-refractivity contribution < 1.29 is 29.3 Å². The van der Waals surface area contributed by atoms with Crippen LogP contribution in [0.15, 0.2) is 6.20 Å². The lowest BCUT2D eigenvalue weighted by atomic mass is 10.2. The molecule has 2 atom stereocenters. The number of ether oxygens (including phenoxy) is 2. The molecule has 2 unspecified atom stereocenters. The van der Waals surface area contributed by atoms with Crippen molar-refractivity contribution in [3.05, 3.63) is 11.1 Å². The molecule has 22 heavy (non-hydrogen) atoms. The van der Waals surface area contributed by atoms with Crippen molar-refractivity contribution >= 4 is 28.5 Å².